The Balaban J connectivity index is 1.46. The number of carbonyl (C=O) groups excluding carboxylic acids is 1. The van der Waals surface area contributed by atoms with E-state index >= 15 is 0 Å². The minimum atomic E-state index is -2.98. The molecule has 0 aliphatic carbocycles. The van der Waals surface area contributed by atoms with E-state index in [2.05, 4.69) is 47.9 Å². The third-order valence-electron chi connectivity index (χ3n) is 6.19. The molecule has 2 heterocycles. The standard InChI is InChI=1S/C22H35N3O3S/c1-4-25(21-9-14-29(27,28)17-21)22(26)16-24-12-10-23(11-13-24)15-19-5-7-20(8-6-19)18(2)3/h5-8,18,21H,4,9-17H2,1-3H3. The molecule has 29 heavy (non-hydrogen) atoms. The normalized spacial score (nSPS) is 22.8. The number of hydrogen-bond donors (Lipinski definition) is 0. The van der Waals surface area contributed by atoms with Gasteiger partial charge in [0.15, 0.2) is 9.84 Å². The van der Waals surface area contributed by atoms with Gasteiger partial charge in [-0.15, -0.1) is 0 Å². The highest BCUT2D eigenvalue weighted by Gasteiger charge is 2.34. The van der Waals surface area contributed by atoms with Crippen molar-refractivity contribution in [1.82, 2.24) is 14.7 Å². The van der Waals surface area contributed by atoms with Crippen LogP contribution in [0.1, 0.15) is 44.2 Å². The Morgan fingerprint density at radius 3 is 2.24 bits per heavy atom. The van der Waals surface area contributed by atoms with E-state index < -0.39 is 9.84 Å². The molecule has 162 valence electrons. The largest absolute Gasteiger partial charge is 0.338 e. The van der Waals surface area contributed by atoms with Crippen molar-refractivity contribution in [3.63, 3.8) is 0 Å². The quantitative estimate of drug-likeness (QED) is 0.674. The monoisotopic (exact) mass is 421 g/mol. The summed E-state index contributed by atoms with van der Waals surface area (Å²) in [5, 5.41) is 0. The number of likely N-dealkylation sites (N-methyl/N-ethyl adjacent to an activating group) is 1. The van der Waals surface area contributed by atoms with E-state index in [4.69, 9.17) is 0 Å². The van der Waals surface area contributed by atoms with Crippen molar-refractivity contribution in [1.29, 1.82) is 0 Å². The maximum Gasteiger partial charge on any atom is 0.237 e. The maximum absolute atomic E-state index is 12.8. The number of hydrogen-bond acceptors (Lipinski definition) is 5. The van der Waals surface area contributed by atoms with E-state index in [1.807, 2.05) is 6.92 Å². The fraction of sp³-hybridized carbons (Fsp3) is 0.682. The Kier molecular flexibility index (Phi) is 7.35. The van der Waals surface area contributed by atoms with Crippen molar-refractivity contribution in [3.05, 3.63) is 35.4 Å². The predicted molar refractivity (Wildman–Crippen MR) is 117 cm³/mol. The average molecular weight is 422 g/mol. The van der Waals surface area contributed by atoms with E-state index in [9.17, 15) is 13.2 Å². The Labute approximate surface area is 175 Å². The molecule has 3 rings (SSSR count). The molecule has 7 heteroatoms. The number of carbonyl (C=O) groups is 1. The van der Waals surface area contributed by atoms with E-state index in [0.29, 0.717) is 25.4 Å². The molecule has 1 unspecified atom stereocenters. The zero-order valence-corrected chi connectivity index (χ0v) is 18.8. The van der Waals surface area contributed by atoms with Crippen molar-refractivity contribution in [2.24, 2.45) is 0 Å². The molecule has 1 aromatic rings. The first-order valence-electron chi connectivity index (χ1n) is 10.8. The van der Waals surface area contributed by atoms with Gasteiger partial charge in [-0.1, -0.05) is 38.1 Å². The van der Waals surface area contributed by atoms with Crippen LogP contribution in [0.5, 0.6) is 0 Å². The fourth-order valence-electron chi connectivity index (χ4n) is 4.31. The SMILES string of the molecule is CCN(C(=O)CN1CCN(Cc2ccc(C(C)C)cc2)CC1)C1CCS(=O)(=O)C1. The first kappa shape index (κ1) is 22.2. The summed E-state index contributed by atoms with van der Waals surface area (Å²) in [5.41, 5.74) is 2.70. The molecular weight excluding hydrogens is 386 g/mol. The lowest BCUT2D eigenvalue weighted by molar-refractivity contribution is -0.134. The van der Waals surface area contributed by atoms with E-state index in [1.165, 1.54) is 11.1 Å². The van der Waals surface area contributed by atoms with Crippen molar-refractivity contribution in [3.8, 4) is 0 Å². The van der Waals surface area contributed by atoms with Crippen LogP contribution in [0.15, 0.2) is 24.3 Å². The number of rotatable bonds is 7. The predicted octanol–water partition coefficient (Wildman–Crippen LogP) is 1.96. The van der Waals surface area contributed by atoms with Crippen LogP contribution in [-0.4, -0.2) is 85.8 Å². The van der Waals surface area contributed by atoms with Gasteiger partial charge in [-0.2, -0.15) is 0 Å². The van der Waals surface area contributed by atoms with Gasteiger partial charge in [-0.05, 0) is 30.4 Å². The second-order valence-electron chi connectivity index (χ2n) is 8.69. The lowest BCUT2D eigenvalue weighted by Crippen LogP contribution is -2.51. The Morgan fingerprint density at radius 1 is 1.10 bits per heavy atom. The molecule has 0 bridgehead atoms. The van der Waals surface area contributed by atoms with Crippen LogP contribution >= 0.6 is 0 Å². The van der Waals surface area contributed by atoms with Crippen LogP contribution in [0.25, 0.3) is 0 Å². The summed E-state index contributed by atoms with van der Waals surface area (Å²) in [7, 11) is -2.98. The van der Waals surface area contributed by atoms with Gasteiger partial charge < -0.3 is 4.90 Å². The summed E-state index contributed by atoms with van der Waals surface area (Å²) in [6.07, 6.45) is 0.575. The summed E-state index contributed by atoms with van der Waals surface area (Å²) in [5.74, 6) is 0.943. The van der Waals surface area contributed by atoms with Crippen molar-refractivity contribution >= 4 is 15.7 Å². The molecule has 2 aliphatic heterocycles. The first-order valence-corrected chi connectivity index (χ1v) is 12.6. The molecule has 1 atom stereocenters. The van der Waals surface area contributed by atoms with Crippen molar-refractivity contribution in [2.45, 2.75) is 45.7 Å². The van der Waals surface area contributed by atoms with Crippen LogP contribution in [0.4, 0.5) is 0 Å². The number of piperazine rings is 1. The lowest BCUT2D eigenvalue weighted by Gasteiger charge is -2.36. The van der Waals surface area contributed by atoms with Gasteiger partial charge in [-0.3, -0.25) is 14.6 Å². The third-order valence-corrected chi connectivity index (χ3v) is 7.94. The van der Waals surface area contributed by atoms with Gasteiger partial charge in [0, 0.05) is 45.3 Å². The molecular formula is C22H35N3O3S. The van der Waals surface area contributed by atoms with E-state index in [1.54, 1.807) is 4.90 Å². The topological polar surface area (TPSA) is 60.9 Å². The number of benzene rings is 1. The van der Waals surface area contributed by atoms with Gasteiger partial charge in [0.05, 0.1) is 18.1 Å². The summed E-state index contributed by atoms with van der Waals surface area (Å²) in [6, 6.07) is 8.74. The first-order chi connectivity index (χ1) is 13.8. The minimum absolute atomic E-state index is 0.0623. The minimum Gasteiger partial charge on any atom is -0.338 e. The molecule has 2 saturated heterocycles. The second kappa shape index (κ2) is 9.58. The van der Waals surface area contributed by atoms with Gasteiger partial charge in [0.1, 0.15) is 0 Å². The highest BCUT2D eigenvalue weighted by atomic mass is 32.2. The van der Waals surface area contributed by atoms with Crippen LogP contribution in [0.3, 0.4) is 0 Å². The Hall–Kier alpha value is -1.44. The second-order valence-corrected chi connectivity index (χ2v) is 10.9. The molecule has 0 radical (unpaired) electrons. The summed E-state index contributed by atoms with van der Waals surface area (Å²) in [4.78, 5) is 19.2. The van der Waals surface area contributed by atoms with Crippen LogP contribution in [0.2, 0.25) is 0 Å². The third kappa shape index (κ3) is 6.03. The van der Waals surface area contributed by atoms with Gasteiger partial charge in [-0.25, -0.2) is 8.42 Å². The summed E-state index contributed by atoms with van der Waals surface area (Å²) < 4.78 is 23.5. The molecule has 2 fully saturated rings. The molecule has 1 amide bonds. The number of amides is 1. The Morgan fingerprint density at radius 2 is 1.72 bits per heavy atom. The molecule has 0 spiro atoms. The molecule has 0 saturated carbocycles. The van der Waals surface area contributed by atoms with Crippen molar-refractivity contribution < 1.29 is 13.2 Å². The molecule has 1 aromatic carbocycles. The van der Waals surface area contributed by atoms with E-state index in [-0.39, 0.29) is 23.5 Å². The van der Waals surface area contributed by atoms with Crippen LogP contribution in [0, 0.1) is 0 Å². The van der Waals surface area contributed by atoms with Crippen LogP contribution < -0.4 is 0 Å². The molecule has 6 nitrogen and oxygen atoms in total. The zero-order chi connectivity index (χ0) is 21.0. The van der Waals surface area contributed by atoms with Gasteiger partial charge >= 0.3 is 0 Å². The number of nitrogens with zero attached hydrogens (tertiary/aromatic N) is 3. The zero-order valence-electron chi connectivity index (χ0n) is 18.0. The Bertz CT molecular complexity index is 784. The maximum atomic E-state index is 12.8. The van der Waals surface area contributed by atoms with Crippen molar-refractivity contribution in [2.75, 3.05) is 50.8 Å². The number of sulfone groups is 1. The van der Waals surface area contributed by atoms with Gasteiger partial charge in [0.2, 0.25) is 5.91 Å². The van der Waals surface area contributed by atoms with Gasteiger partial charge in [0.25, 0.3) is 0 Å². The summed E-state index contributed by atoms with van der Waals surface area (Å²) >= 11 is 0. The molecule has 0 aromatic heterocycles. The fourth-order valence-corrected chi connectivity index (χ4v) is 6.04. The highest BCUT2D eigenvalue weighted by Crippen LogP contribution is 2.19. The van der Waals surface area contributed by atoms with Crippen LogP contribution in [-0.2, 0) is 21.2 Å². The lowest BCUT2D eigenvalue weighted by atomic mass is 10.0. The average Bonchev–Trinajstić information content (AvgIpc) is 3.04. The summed E-state index contributed by atoms with van der Waals surface area (Å²) in [6.45, 7) is 11.9. The highest BCUT2D eigenvalue weighted by molar-refractivity contribution is 7.91. The smallest absolute Gasteiger partial charge is 0.237 e. The molecule has 2 aliphatic rings. The van der Waals surface area contributed by atoms with E-state index in [0.717, 1.165) is 32.7 Å². The molecule has 0 N–H and O–H groups in total.